The molecule has 0 radical (unpaired) electrons. The first-order chi connectivity index (χ1) is 11.1. The number of hydrogen-bond donors (Lipinski definition) is 1. The van der Waals surface area contributed by atoms with E-state index in [1.165, 1.54) is 10.8 Å². The molecule has 0 bridgehead atoms. The summed E-state index contributed by atoms with van der Waals surface area (Å²) in [6.45, 7) is 3.08. The van der Waals surface area contributed by atoms with Gasteiger partial charge in [0.25, 0.3) is 0 Å². The molecule has 1 fully saturated rings. The SMILES string of the molecule is CC(C(=O)O)N1CCC2(C=Cc3c(ccc4ccccc34)O2)C1. The molecule has 0 saturated carbocycles. The monoisotopic (exact) mass is 309 g/mol. The molecule has 1 saturated heterocycles. The molecule has 2 aliphatic heterocycles. The van der Waals surface area contributed by atoms with E-state index < -0.39 is 17.6 Å². The Bertz CT molecular complexity index is 813. The Labute approximate surface area is 135 Å². The molecule has 2 aromatic rings. The van der Waals surface area contributed by atoms with E-state index in [9.17, 15) is 9.90 Å². The van der Waals surface area contributed by atoms with E-state index in [-0.39, 0.29) is 0 Å². The molecule has 2 aliphatic rings. The molecule has 4 heteroatoms. The fourth-order valence-electron chi connectivity index (χ4n) is 3.57. The van der Waals surface area contributed by atoms with Crippen molar-refractivity contribution in [1.29, 1.82) is 0 Å². The van der Waals surface area contributed by atoms with Gasteiger partial charge in [-0.1, -0.05) is 36.4 Å². The molecular formula is C19H19NO3. The lowest BCUT2D eigenvalue weighted by molar-refractivity contribution is -0.142. The molecule has 0 aromatic heterocycles. The maximum atomic E-state index is 11.2. The molecule has 118 valence electrons. The zero-order chi connectivity index (χ0) is 16.0. The van der Waals surface area contributed by atoms with Gasteiger partial charge in [0.15, 0.2) is 0 Å². The third-order valence-electron chi connectivity index (χ3n) is 5.00. The van der Waals surface area contributed by atoms with Crippen molar-refractivity contribution in [3.8, 4) is 5.75 Å². The van der Waals surface area contributed by atoms with Gasteiger partial charge in [-0.3, -0.25) is 9.69 Å². The number of fused-ring (bicyclic) bond motifs is 3. The van der Waals surface area contributed by atoms with Crippen molar-refractivity contribution in [1.82, 2.24) is 4.90 Å². The zero-order valence-electron chi connectivity index (χ0n) is 13.0. The minimum absolute atomic E-state index is 0.404. The third kappa shape index (κ3) is 2.30. The van der Waals surface area contributed by atoms with Gasteiger partial charge in [-0.2, -0.15) is 0 Å². The number of nitrogens with zero attached hydrogens (tertiary/aromatic N) is 1. The number of ether oxygens (including phenoxy) is 1. The minimum atomic E-state index is -0.784. The van der Waals surface area contributed by atoms with Crippen LogP contribution in [0.4, 0.5) is 0 Å². The first kappa shape index (κ1) is 14.3. The summed E-state index contributed by atoms with van der Waals surface area (Å²) in [7, 11) is 0. The lowest BCUT2D eigenvalue weighted by Gasteiger charge is -2.32. The summed E-state index contributed by atoms with van der Waals surface area (Å²) < 4.78 is 6.33. The van der Waals surface area contributed by atoms with Crippen LogP contribution in [0.25, 0.3) is 16.8 Å². The first-order valence-corrected chi connectivity index (χ1v) is 7.95. The second-order valence-corrected chi connectivity index (χ2v) is 6.43. The standard InChI is InChI=1S/C19H19NO3/c1-13(18(21)22)20-11-10-19(12-20)9-8-16-15-5-3-2-4-14(15)6-7-17(16)23-19/h2-9,13H,10-12H2,1H3,(H,21,22). The summed E-state index contributed by atoms with van der Waals surface area (Å²) in [6, 6.07) is 11.9. The molecule has 4 rings (SSSR count). The van der Waals surface area contributed by atoms with Crippen LogP contribution in [-0.2, 0) is 4.79 Å². The second-order valence-electron chi connectivity index (χ2n) is 6.43. The molecular weight excluding hydrogens is 290 g/mol. The van der Waals surface area contributed by atoms with Crippen LogP contribution in [0.3, 0.4) is 0 Å². The van der Waals surface area contributed by atoms with E-state index >= 15 is 0 Å². The van der Waals surface area contributed by atoms with E-state index in [1.54, 1.807) is 6.92 Å². The number of carboxylic acid groups (broad SMARTS) is 1. The van der Waals surface area contributed by atoms with Gasteiger partial charge < -0.3 is 9.84 Å². The van der Waals surface area contributed by atoms with Crippen LogP contribution in [0, 0.1) is 0 Å². The molecule has 0 aliphatic carbocycles. The fraction of sp³-hybridized carbons (Fsp3) is 0.316. The number of carboxylic acids is 1. The summed E-state index contributed by atoms with van der Waals surface area (Å²) in [5.74, 6) is 0.101. The van der Waals surface area contributed by atoms with Crippen molar-refractivity contribution < 1.29 is 14.6 Å². The Balaban J connectivity index is 1.66. The molecule has 4 nitrogen and oxygen atoms in total. The van der Waals surface area contributed by atoms with Crippen LogP contribution < -0.4 is 4.74 Å². The van der Waals surface area contributed by atoms with Gasteiger partial charge in [0.2, 0.25) is 0 Å². The van der Waals surface area contributed by atoms with E-state index in [0.29, 0.717) is 6.54 Å². The minimum Gasteiger partial charge on any atom is -0.481 e. The molecule has 2 unspecified atom stereocenters. The summed E-state index contributed by atoms with van der Waals surface area (Å²) in [5.41, 5.74) is 0.706. The summed E-state index contributed by atoms with van der Waals surface area (Å²) in [5, 5.41) is 11.6. The first-order valence-electron chi connectivity index (χ1n) is 7.95. The van der Waals surface area contributed by atoms with Crippen molar-refractivity contribution in [3.63, 3.8) is 0 Å². The van der Waals surface area contributed by atoms with E-state index in [1.807, 2.05) is 23.1 Å². The van der Waals surface area contributed by atoms with Crippen LogP contribution in [0.5, 0.6) is 5.75 Å². The highest BCUT2D eigenvalue weighted by atomic mass is 16.5. The Hall–Kier alpha value is -2.33. The molecule has 1 N–H and O–H groups in total. The summed E-state index contributed by atoms with van der Waals surface area (Å²) in [6.07, 6.45) is 5.06. The Morgan fingerprint density at radius 1 is 1.30 bits per heavy atom. The predicted octanol–water partition coefficient (Wildman–Crippen LogP) is 3.16. The number of rotatable bonds is 2. The highest BCUT2D eigenvalue weighted by molar-refractivity contribution is 5.93. The lowest BCUT2D eigenvalue weighted by atomic mass is 9.94. The molecule has 2 atom stereocenters. The largest absolute Gasteiger partial charge is 0.481 e. The van der Waals surface area contributed by atoms with Crippen molar-refractivity contribution in [2.24, 2.45) is 0 Å². The van der Waals surface area contributed by atoms with Gasteiger partial charge in [-0.25, -0.2) is 0 Å². The number of benzene rings is 2. The van der Waals surface area contributed by atoms with Gasteiger partial charge in [-0.05, 0) is 29.8 Å². The van der Waals surface area contributed by atoms with Crippen LogP contribution in [-0.4, -0.2) is 40.7 Å². The highest BCUT2D eigenvalue weighted by Crippen LogP contribution is 2.39. The Morgan fingerprint density at radius 3 is 2.96 bits per heavy atom. The number of hydrogen-bond acceptors (Lipinski definition) is 3. The topological polar surface area (TPSA) is 49.8 Å². The van der Waals surface area contributed by atoms with Gasteiger partial charge in [-0.15, -0.1) is 0 Å². The maximum Gasteiger partial charge on any atom is 0.320 e. The second kappa shape index (κ2) is 5.10. The van der Waals surface area contributed by atoms with E-state index in [0.717, 1.165) is 24.3 Å². The van der Waals surface area contributed by atoms with Crippen molar-refractivity contribution in [2.45, 2.75) is 25.0 Å². The highest BCUT2D eigenvalue weighted by Gasteiger charge is 2.42. The lowest BCUT2D eigenvalue weighted by Crippen LogP contribution is -2.43. The molecule has 23 heavy (non-hydrogen) atoms. The molecule has 0 amide bonds. The summed E-state index contributed by atoms with van der Waals surface area (Å²) >= 11 is 0. The zero-order valence-corrected chi connectivity index (χ0v) is 13.0. The number of likely N-dealkylation sites (tertiary alicyclic amines) is 1. The molecule has 2 aromatic carbocycles. The normalized spacial score (nSPS) is 24.6. The third-order valence-corrected chi connectivity index (χ3v) is 5.00. The molecule has 2 heterocycles. The summed E-state index contributed by atoms with van der Waals surface area (Å²) in [4.78, 5) is 13.2. The van der Waals surface area contributed by atoms with Crippen LogP contribution in [0.15, 0.2) is 42.5 Å². The predicted molar refractivity (Wildman–Crippen MR) is 89.6 cm³/mol. The van der Waals surface area contributed by atoms with Crippen LogP contribution >= 0.6 is 0 Å². The smallest absolute Gasteiger partial charge is 0.320 e. The maximum absolute atomic E-state index is 11.2. The van der Waals surface area contributed by atoms with Gasteiger partial charge >= 0.3 is 5.97 Å². The van der Waals surface area contributed by atoms with Gasteiger partial charge in [0, 0.05) is 25.1 Å². The van der Waals surface area contributed by atoms with Crippen molar-refractivity contribution in [2.75, 3.05) is 13.1 Å². The van der Waals surface area contributed by atoms with Gasteiger partial charge in [0.1, 0.15) is 17.4 Å². The van der Waals surface area contributed by atoms with Crippen molar-refractivity contribution in [3.05, 3.63) is 48.0 Å². The molecule has 1 spiro atoms. The van der Waals surface area contributed by atoms with Crippen molar-refractivity contribution >= 4 is 22.8 Å². The van der Waals surface area contributed by atoms with Crippen LogP contribution in [0.1, 0.15) is 18.9 Å². The van der Waals surface area contributed by atoms with Crippen LogP contribution in [0.2, 0.25) is 0 Å². The van der Waals surface area contributed by atoms with Gasteiger partial charge in [0.05, 0.1) is 0 Å². The average Bonchev–Trinajstić information content (AvgIpc) is 2.97. The average molecular weight is 309 g/mol. The Morgan fingerprint density at radius 2 is 2.13 bits per heavy atom. The Kier molecular flexibility index (Phi) is 3.16. The van der Waals surface area contributed by atoms with E-state index in [2.05, 4.69) is 30.4 Å². The fourth-order valence-corrected chi connectivity index (χ4v) is 3.57. The number of aliphatic carboxylic acids is 1. The quantitative estimate of drug-likeness (QED) is 0.926. The number of carbonyl (C=O) groups is 1. The van der Waals surface area contributed by atoms with E-state index in [4.69, 9.17) is 4.74 Å².